The summed E-state index contributed by atoms with van der Waals surface area (Å²) in [6.07, 6.45) is 0. The molecule has 96 valence electrons. The van der Waals surface area contributed by atoms with Crippen molar-refractivity contribution in [2.45, 2.75) is 0 Å². The van der Waals surface area contributed by atoms with Crippen LogP contribution >= 0.6 is 11.3 Å². The van der Waals surface area contributed by atoms with Gasteiger partial charge in [0.2, 0.25) is 5.56 Å². The zero-order valence-electron chi connectivity index (χ0n) is 10.6. The van der Waals surface area contributed by atoms with E-state index in [1.54, 1.807) is 17.4 Å². The van der Waals surface area contributed by atoms with Crippen molar-refractivity contribution < 1.29 is 0 Å². The van der Waals surface area contributed by atoms with E-state index in [0.29, 0.717) is 0 Å². The second kappa shape index (κ2) is 4.32. The molecule has 20 heavy (non-hydrogen) atoms. The van der Waals surface area contributed by atoms with Crippen molar-refractivity contribution in [3.63, 3.8) is 0 Å². The van der Waals surface area contributed by atoms with Gasteiger partial charge < -0.3 is 4.98 Å². The Hall–Kier alpha value is -2.39. The van der Waals surface area contributed by atoms with Gasteiger partial charge in [-0.05, 0) is 29.0 Å². The van der Waals surface area contributed by atoms with E-state index in [1.165, 1.54) is 10.4 Å². The molecule has 2 aromatic carbocycles. The molecule has 0 aliphatic carbocycles. The van der Waals surface area contributed by atoms with Gasteiger partial charge in [-0.15, -0.1) is 11.3 Å². The lowest BCUT2D eigenvalue weighted by molar-refractivity contribution is 1.32. The normalized spacial score (nSPS) is 11.2. The molecule has 2 heterocycles. The summed E-state index contributed by atoms with van der Waals surface area (Å²) in [7, 11) is 0. The van der Waals surface area contributed by atoms with Gasteiger partial charge in [-0.25, -0.2) is 0 Å². The number of thiophene rings is 1. The van der Waals surface area contributed by atoms with Crippen LogP contribution in [0.1, 0.15) is 0 Å². The first kappa shape index (κ1) is 11.4. The second-order valence-electron chi connectivity index (χ2n) is 4.73. The number of aromatic amines is 1. The maximum atomic E-state index is 11.7. The largest absolute Gasteiger partial charge is 0.321 e. The van der Waals surface area contributed by atoms with Crippen LogP contribution in [-0.2, 0) is 0 Å². The van der Waals surface area contributed by atoms with E-state index in [1.807, 2.05) is 30.3 Å². The summed E-state index contributed by atoms with van der Waals surface area (Å²) in [6.45, 7) is 0. The molecule has 0 spiro atoms. The molecule has 0 fully saturated rings. The van der Waals surface area contributed by atoms with Crippen molar-refractivity contribution in [2.75, 3.05) is 0 Å². The second-order valence-corrected chi connectivity index (χ2v) is 5.68. The van der Waals surface area contributed by atoms with Crippen molar-refractivity contribution in [1.29, 1.82) is 0 Å². The molecule has 0 saturated heterocycles. The summed E-state index contributed by atoms with van der Waals surface area (Å²) in [5.41, 5.74) is 2.02. The summed E-state index contributed by atoms with van der Waals surface area (Å²) in [6, 6.07) is 18.0. The van der Waals surface area contributed by atoms with Crippen molar-refractivity contribution in [1.82, 2.24) is 4.98 Å². The van der Waals surface area contributed by atoms with Gasteiger partial charge in [0.15, 0.2) is 0 Å². The first-order valence-electron chi connectivity index (χ1n) is 6.41. The predicted octanol–water partition coefficient (Wildman–Crippen LogP) is 4.41. The van der Waals surface area contributed by atoms with Gasteiger partial charge in [0, 0.05) is 27.3 Å². The maximum Gasteiger partial charge on any atom is 0.248 e. The van der Waals surface area contributed by atoms with E-state index in [-0.39, 0.29) is 5.56 Å². The molecular weight excluding hydrogens is 266 g/mol. The minimum absolute atomic E-state index is 0.0639. The Morgan fingerprint density at radius 2 is 1.80 bits per heavy atom. The van der Waals surface area contributed by atoms with Gasteiger partial charge in [-0.2, -0.15) is 0 Å². The van der Waals surface area contributed by atoms with Crippen LogP contribution in [0.3, 0.4) is 0 Å². The number of hydrogen-bond acceptors (Lipinski definition) is 2. The Bertz CT molecular complexity index is 967. The summed E-state index contributed by atoms with van der Waals surface area (Å²) < 4.78 is 0. The number of H-pyrrole nitrogens is 1. The van der Waals surface area contributed by atoms with Gasteiger partial charge in [0.1, 0.15) is 0 Å². The standard InChI is InChI=1S/C17H11NOS/c19-16-8-7-13-14(15-6-3-9-20-15)10-11-4-1-2-5-12(11)17(13)18-16/h1-10H,(H,18,19). The van der Waals surface area contributed by atoms with Crippen molar-refractivity contribution in [2.24, 2.45) is 0 Å². The topological polar surface area (TPSA) is 32.9 Å². The quantitative estimate of drug-likeness (QED) is 0.514. The third-order valence-corrected chi connectivity index (χ3v) is 4.43. The van der Waals surface area contributed by atoms with E-state index in [9.17, 15) is 4.79 Å². The first-order valence-corrected chi connectivity index (χ1v) is 7.29. The fourth-order valence-electron chi connectivity index (χ4n) is 2.63. The number of benzene rings is 2. The molecule has 3 heteroatoms. The lowest BCUT2D eigenvalue weighted by Crippen LogP contribution is -2.03. The molecule has 0 aliphatic heterocycles. The fraction of sp³-hybridized carbons (Fsp3) is 0. The summed E-state index contributed by atoms with van der Waals surface area (Å²) >= 11 is 1.71. The van der Waals surface area contributed by atoms with Crippen LogP contribution in [0.25, 0.3) is 32.1 Å². The molecule has 0 aliphatic rings. The average Bonchev–Trinajstić information content (AvgIpc) is 3.00. The Kier molecular flexibility index (Phi) is 2.47. The van der Waals surface area contributed by atoms with E-state index in [4.69, 9.17) is 0 Å². The minimum Gasteiger partial charge on any atom is -0.321 e. The molecule has 4 rings (SSSR count). The molecule has 0 radical (unpaired) electrons. The smallest absolute Gasteiger partial charge is 0.248 e. The first-order chi connectivity index (χ1) is 9.83. The number of aromatic nitrogens is 1. The molecule has 0 amide bonds. The Labute approximate surface area is 119 Å². The Morgan fingerprint density at radius 1 is 0.900 bits per heavy atom. The molecule has 2 nitrogen and oxygen atoms in total. The highest BCUT2D eigenvalue weighted by molar-refractivity contribution is 7.13. The van der Waals surface area contributed by atoms with Gasteiger partial charge in [0.25, 0.3) is 0 Å². The van der Waals surface area contributed by atoms with E-state index in [2.05, 4.69) is 28.6 Å². The third kappa shape index (κ3) is 1.67. The SMILES string of the molecule is O=c1ccc2c(-c3cccs3)cc3ccccc3c2[nH]1. The highest BCUT2D eigenvalue weighted by Crippen LogP contribution is 2.35. The van der Waals surface area contributed by atoms with Gasteiger partial charge in [0.05, 0.1) is 5.52 Å². The van der Waals surface area contributed by atoms with E-state index < -0.39 is 0 Å². The summed E-state index contributed by atoms with van der Waals surface area (Å²) in [5, 5.41) is 5.39. The van der Waals surface area contributed by atoms with Gasteiger partial charge >= 0.3 is 0 Å². The van der Waals surface area contributed by atoms with Crippen LogP contribution in [0.2, 0.25) is 0 Å². The molecule has 0 bridgehead atoms. The zero-order valence-corrected chi connectivity index (χ0v) is 11.4. The number of fused-ring (bicyclic) bond motifs is 3. The van der Waals surface area contributed by atoms with Crippen molar-refractivity contribution in [3.05, 3.63) is 70.3 Å². The lowest BCUT2D eigenvalue weighted by Gasteiger charge is -2.08. The van der Waals surface area contributed by atoms with Crippen LogP contribution in [0.4, 0.5) is 0 Å². The number of rotatable bonds is 1. The average molecular weight is 277 g/mol. The Morgan fingerprint density at radius 3 is 2.65 bits per heavy atom. The summed E-state index contributed by atoms with van der Waals surface area (Å²) in [4.78, 5) is 15.9. The van der Waals surface area contributed by atoms with Crippen LogP contribution in [-0.4, -0.2) is 4.98 Å². The lowest BCUT2D eigenvalue weighted by atomic mass is 10.00. The number of nitrogens with one attached hydrogen (secondary N) is 1. The van der Waals surface area contributed by atoms with Crippen LogP contribution in [0.15, 0.2) is 64.8 Å². The zero-order chi connectivity index (χ0) is 13.5. The molecule has 4 aromatic rings. The van der Waals surface area contributed by atoms with Crippen LogP contribution in [0.5, 0.6) is 0 Å². The van der Waals surface area contributed by atoms with Crippen molar-refractivity contribution in [3.8, 4) is 10.4 Å². The third-order valence-electron chi connectivity index (χ3n) is 3.53. The van der Waals surface area contributed by atoms with E-state index >= 15 is 0 Å². The maximum absolute atomic E-state index is 11.7. The molecule has 0 atom stereocenters. The fourth-order valence-corrected chi connectivity index (χ4v) is 3.39. The monoisotopic (exact) mass is 277 g/mol. The molecule has 0 unspecified atom stereocenters. The van der Waals surface area contributed by atoms with Crippen LogP contribution in [0, 0.1) is 0 Å². The molecule has 0 saturated carbocycles. The predicted molar refractivity (Wildman–Crippen MR) is 85.4 cm³/mol. The van der Waals surface area contributed by atoms with Crippen LogP contribution < -0.4 is 5.56 Å². The number of hydrogen-bond donors (Lipinski definition) is 1. The van der Waals surface area contributed by atoms with E-state index in [0.717, 1.165) is 21.7 Å². The molecule has 1 N–H and O–H groups in total. The minimum atomic E-state index is -0.0639. The van der Waals surface area contributed by atoms with Crippen molar-refractivity contribution >= 4 is 33.0 Å². The molecular formula is C17H11NOS. The molecule has 2 aromatic heterocycles. The Balaban J connectivity index is 2.25. The number of pyridine rings is 1. The highest BCUT2D eigenvalue weighted by Gasteiger charge is 2.09. The highest BCUT2D eigenvalue weighted by atomic mass is 32.1. The van der Waals surface area contributed by atoms with Gasteiger partial charge in [-0.3, -0.25) is 4.79 Å². The van der Waals surface area contributed by atoms with Gasteiger partial charge in [-0.1, -0.05) is 30.3 Å². The summed E-state index contributed by atoms with van der Waals surface area (Å²) in [5.74, 6) is 0.